The molecule has 0 aromatic heterocycles. The minimum absolute atomic E-state index is 0.265. The van der Waals surface area contributed by atoms with E-state index in [4.69, 9.17) is 16.3 Å². The first-order valence-electron chi connectivity index (χ1n) is 6.61. The summed E-state index contributed by atoms with van der Waals surface area (Å²) in [5.74, 6) is 1.67. The molecule has 2 rings (SSSR count). The van der Waals surface area contributed by atoms with Crippen LogP contribution in [0.2, 0.25) is 5.02 Å². The van der Waals surface area contributed by atoms with Crippen LogP contribution in [-0.2, 0) is 12.8 Å². The minimum atomic E-state index is -0.350. The number of rotatable bonds is 4. The zero-order chi connectivity index (χ0) is 13.3. The molecule has 0 bridgehead atoms. The van der Waals surface area contributed by atoms with Gasteiger partial charge in [0.15, 0.2) is 0 Å². The average Bonchev–Trinajstić information content (AvgIpc) is 2.75. The minimum Gasteiger partial charge on any atom is -0.493 e. The van der Waals surface area contributed by atoms with Crippen molar-refractivity contribution in [3.8, 4) is 5.75 Å². The van der Waals surface area contributed by atoms with Gasteiger partial charge in [-0.2, -0.15) is 0 Å². The number of fused-ring (bicyclic) bond motifs is 1. The second-order valence-corrected chi connectivity index (χ2v) is 5.96. The van der Waals surface area contributed by atoms with Gasteiger partial charge in [0.05, 0.1) is 12.7 Å². The van der Waals surface area contributed by atoms with Gasteiger partial charge in [-0.05, 0) is 35.1 Å². The number of benzene rings is 1. The Hall–Kier alpha value is -0.730. The molecule has 0 aliphatic carbocycles. The molecule has 0 spiro atoms. The number of halogens is 1. The SMILES string of the molecule is CC(C)C(C)C(O)Cc1cc(Cl)cc2c1OCC2. The largest absolute Gasteiger partial charge is 0.493 e. The van der Waals surface area contributed by atoms with E-state index in [-0.39, 0.29) is 12.0 Å². The molecule has 2 atom stereocenters. The summed E-state index contributed by atoms with van der Waals surface area (Å²) in [4.78, 5) is 0. The van der Waals surface area contributed by atoms with E-state index in [9.17, 15) is 5.11 Å². The molecular formula is C15H21ClO2. The van der Waals surface area contributed by atoms with Gasteiger partial charge in [-0.3, -0.25) is 0 Å². The molecule has 18 heavy (non-hydrogen) atoms. The van der Waals surface area contributed by atoms with Crippen LogP contribution in [0.5, 0.6) is 5.75 Å². The lowest BCUT2D eigenvalue weighted by atomic mass is 9.88. The lowest BCUT2D eigenvalue weighted by Crippen LogP contribution is -2.24. The second-order valence-electron chi connectivity index (χ2n) is 5.53. The van der Waals surface area contributed by atoms with Crippen molar-refractivity contribution in [2.45, 2.75) is 39.7 Å². The summed E-state index contributed by atoms with van der Waals surface area (Å²) < 4.78 is 5.66. The second kappa shape index (κ2) is 5.50. The highest BCUT2D eigenvalue weighted by Gasteiger charge is 2.23. The van der Waals surface area contributed by atoms with Gasteiger partial charge in [-0.1, -0.05) is 32.4 Å². The lowest BCUT2D eigenvalue weighted by molar-refractivity contribution is 0.0915. The Morgan fingerprint density at radius 2 is 2.06 bits per heavy atom. The van der Waals surface area contributed by atoms with E-state index in [1.807, 2.05) is 12.1 Å². The standard InChI is InChI=1S/C15H21ClO2/c1-9(2)10(3)14(17)8-12-7-13(16)6-11-4-5-18-15(11)12/h6-7,9-10,14,17H,4-5,8H2,1-3H3. The van der Waals surface area contributed by atoms with Crippen LogP contribution in [0.4, 0.5) is 0 Å². The van der Waals surface area contributed by atoms with Crippen LogP contribution in [0, 0.1) is 11.8 Å². The molecule has 0 fully saturated rings. The van der Waals surface area contributed by atoms with E-state index in [1.54, 1.807) is 0 Å². The normalized spacial score (nSPS) is 17.4. The van der Waals surface area contributed by atoms with Crippen molar-refractivity contribution >= 4 is 11.6 Å². The molecule has 0 saturated carbocycles. The first kappa shape index (κ1) is 13.7. The molecule has 0 saturated heterocycles. The van der Waals surface area contributed by atoms with E-state index in [0.29, 0.717) is 12.3 Å². The molecule has 1 aromatic carbocycles. The Morgan fingerprint density at radius 3 is 2.72 bits per heavy atom. The Bertz CT molecular complexity index is 429. The Kier molecular flexibility index (Phi) is 4.18. The van der Waals surface area contributed by atoms with E-state index >= 15 is 0 Å². The fourth-order valence-corrected chi connectivity index (χ4v) is 2.62. The maximum atomic E-state index is 10.3. The highest BCUT2D eigenvalue weighted by molar-refractivity contribution is 6.30. The zero-order valence-electron chi connectivity index (χ0n) is 11.2. The summed E-state index contributed by atoms with van der Waals surface area (Å²) in [5, 5.41) is 11.0. The summed E-state index contributed by atoms with van der Waals surface area (Å²) in [6.45, 7) is 7.07. The molecule has 1 aliphatic rings. The van der Waals surface area contributed by atoms with E-state index < -0.39 is 0 Å². The van der Waals surface area contributed by atoms with Crippen LogP contribution in [0.3, 0.4) is 0 Å². The van der Waals surface area contributed by atoms with E-state index in [0.717, 1.165) is 29.4 Å². The molecule has 0 radical (unpaired) electrons. The van der Waals surface area contributed by atoms with Gasteiger partial charge < -0.3 is 9.84 Å². The maximum absolute atomic E-state index is 10.3. The predicted octanol–water partition coefficient (Wildman–Crippen LogP) is 3.47. The molecule has 1 aliphatic heterocycles. The third-order valence-electron chi connectivity index (χ3n) is 3.91. The van der Waals surface area contributed by atoms with Crippen LogP contribution >= 0.6 is 11.6 Å². The molecule has 0 amide bonds. The third kappa shape index (κ3) is 2.81. The van der Waals surface area contributed by atoms with Crippen molar-refractivity contribution in [2.24, 2.45) is 11.8 Å². The van der Waals surface area contributed by atoms with Gasteiger partial charge in [0, 0.05) is 17.9 Å². The highest BCUT2D eigenvalue weighted by atomic mass is 35.5. The van der Waals surface area contributed by atoms with Gasteiger partial charge in [0.2, 0.25) is 0 Å². The Labute approximate surface area is 114 Å². The average molecular weight is 269 g/mol. The topological polar surface area (TPSA) is 29.5 Å². The maximum Gasteiger partial charge on any atom is 0.126 e. The van der Waals surface area contributed by atoms with Crippen LogP contribution in [0.15, 0.2) is 12.1 Å². The van der Waals surface area contributed by atoms with Gasteiger partial charge in [0.25, 0.3) is 0 Å². The summed E-state index contributed by atoms with van der Waals surface area (Å²) in [6, 6.07) is 3.88. The summed E-state index contributed by atoms with van der Waals surface area (Å²) in [5.41, 5.74) is 2.21. The van der Waals surface area contributed by atoms with Crippen LogP contribution in [-0.4, -0.2) is 17.8 Å². The van der Waals surface area contributed by atoms with Crippen molar-refractivity contribution in [1.82, 2.24) is 0 Å². The first-order valence-corrected chi connectivity index (χ1v) is 6.99. The first-order chi connectivity index (χ1) is 8.49. The monoisotopic (exact) mass is 268 g/mol. The number of aliphatic hydroxyl groups excluding tert-OH is 1. The molecule has 1 N–H and O–H groups in total. The fourth-order valence-electron chi connectivity index (χ4n) is 2.35. The zero-order valence-corrected chi connectivity index (χ0v) is 12.0. The summed E-state index contributed by atoms with van der Waals surface area (Å²) >= 11 is 6.12. The van der Waals surface area contributed by atoms with Crippen LogP contribution < -0.4 is 4.74 Å². The fraction of sp³-hybridized carbons (Fsp3) is 0.600. The third-order valence-corrected chi connectivity index (χ3v) is 4.13. The smallest absolute Gasteiger partial charge is 0.126 e. The van der Waals surface area contributed by atoms with Crippen molar-refractivity contribution < 1.29 is 9.84 Å². The van der Waals surface area contributed by atoms with E-state index in [1.165, 1.54) is 5.56 Å². The molecule has 2 nitrogen and oxygen atoms in total. The van der Waals surface area contributed by atoms with Crippen molar-refractivity contribution in [1.29, 1.82) is 0 Å². The molecule has 2 unspecified atom stereocenters. The molecule has 1 aromatic rings. The number of hydrogen-bond donors (Lipinski definition) is 1. The number of aliphatic hydroxyl groups is 1. The number of hydrogen-bond acceptors (Lipinski definition) is 2. The number of ether oxygens (including phenoxy) is 1. The van der Waals surface area contributed by atoms with Crippen molar-refractivity contribution in [3.63, 3.8) is 0 Å². The van der Waals surface area contributed by atoms with Gasteiger partial charge in [0.1, 0.15) is 5.75 Å². The highest BCUT2D eigenvalue weighted by Crippen LogP contribution is 2.34. The van der Waals surface area contributed by atoms with Gasteiger partial charge in [-0.25, -0.2) is 0 Å². The molecule has 3 heteroatoms. The summed E-state index contributed by atoms with van der Waals surface area (Å²) in [7, 11) is 0. The van der Waals surface area contributed by atoms with Crippen LogP contribution in [0.25, 0.3) is 0 Å². The lowest BCUT2D eigenvalue weighted by Gasteiger charge is -2.23. The summed E-state index contributed by atoms with van der Waals surface area (Å²) in [6.07, 6.45) is 1.18. The quantitative estimate of drug-likeness (QED) is 0.906. The Balaban J connectivity index is 2.19. The molecular weight excluding hydrogens is 248 g/mol. The van der Waals surface area contributed by atoms with Gasteiger partial charge in [-0.15, -0.1) is 0 Å². The van der Waals surface area contributed by atoms with E-state index in [2.05, 4.69) is 20.8 Å². The van der Waals surface area contributed by atoms with Gasteiger partial charge >= 0.3 is 0 Å². The Morgan fingerprint density at radius 1 is 1.33 bits per heavy atom. The molecule has 100 valence electrons. The molecule has 1 heterocycles. The predicted molar refractivity (Wildman–Crippen MR) is 74.4 cm³/mol. The van der Waals surface area contributed by atoms with Crippen molar-refractivity contribution in [3.05, 3.63) is 28.3 Å². The van der Waals surface area contributed by atoms with Crippen molar-refractivity contribution in [2.75, 3.05) is 6.61 Å². The van der Waals surface area contributed by atoms with Crippen LogP contribution in [0.1, 0.15) is 31.9 Å².